The maximum Gasteiger partial charge on any atom is 0.255 e. The van der Waals surface area contributed by atoms with Gasteiger partial charge in [-0.05, 0) is 61.6 Å². The molecule has 0 radical (unpaired) electrons. The maximum atomic E-state index is 12.6. The highest BCUT2D eigenvalue weighted by molar-refractivity contribution is 7.98. The van der Waals surface area contributed by atoms with Gasteiger partial charge in [0.05, 0.1) is 6.04 Å². The van der Waals surface area contributed by atoms with Gasteiger partial charge in [-0.15, -0.1) is 12.4 Å². The van der Waals surface area contributed by atoms with Crippen LogP contribution in [0.15, 0.2) is 42.5 Å². The van der Waals surface area contributed by atoms with E-state index in [1.165, 1.54) is 0 Å². The molecule has 0 heterocycles. The van der Waals surface area contributed by atoms with Gasteiger partial charge in [0.25, 0.3) is 5.91 Å². The van der Waals surface area contributed by atoms with Gasteiger partial charge in [0.1, 0.15) is 0 Å². The van der Waals surface area contributed by atoms with E-state index in [-0.39, 0.29) is 24.2 Å². The second-order valence-electron chi connectivity index (χ2n) is 6.18. The molecule has 0 unspecified atom stereocenters. The lowest BCUT2D eigenvalue weighted by atomic mass is 10.1. The van der Waals surface area contributed by atoms with E-state index in [1.54, 1.807) is 36.0 Å². The Labute approximate surface area is 170 Å². The molecule has 0 aliphatic rings. The van der Waals surface area contributed by atoms with Crippen LogP contribution in [0, 0.1) is 13.8 Å². The number of aryl methyl sites for hydroxylation is 2. The molecular formula is C20H26ClN3O2S. The fourth-order valence-corrected chi connectivity index (χ4v) is 3.04. The number of nitrogens with one attached hydrogen (secondary N) is 2. The topological polar surface area (TPSA) is 84.2 Å². The van der Waals surface area contributed by atoms with Crippen LogP contribution in [0.25, 0.3) is 0 Å². The van der Waals surface area contributed by atoms with E-state index in [0.717, 1.165) is 22.6 Å². The Balaban J connectivity index is 0.00000364. The molecule has 2 aromatic carbocycles. The minimum atomic E-state index is -0.561. The SMILES string of the molecule is CSCC[C@H](N)C(=O)Nc1cccc(C(=O)Nc2c(C)cccc2C)c1.Cl. The molecule has 0 spiro atoms. The van der Waals surface area contributed by atoms with Crippen molar-refractivity contribution in [1.29, 1.82) is 0 Å². The van der Waals surface area contributed by atoms with Crippen molar-refractivity contribution in [2.75, 3.05) is 22.6 Å². The predicted octanol–water partition coefficient (Wildman–Crippen LogP) is 4.00. The van der Waals surface area contributed by atoms with Crippen LogP contribution >= 0.6 is 24.2 Å². The summed E-state index contributed by atoms with van der Waals surface area (Å²) >= 11 is 1.65. The van der Waals surface area contributed by atoms with Crippen molar-refractivity contribution >= 4 is 47.4 Å². The molecular weight excluding hydrogens is 382 g/mol. The Morgan fingerprint density at radius 3 is 2.33 bits per heavy atom. The van der Waals surface area contributed by atoms with Crippen molar-refractivity contribution in [3.8, 4) is 0 Å². The zero-order valence-electron chi connectivity index (χ0n) is 15.7. The monoisotopic (exact) mass is 407 g/mol. The molecule has 0 aliphatic carbocycles. The average Bonchev–Trinajstić information content (AvgIpc) is 2.62. The molecule has 1 atom stereocenters. The first-order valence-corrected chi connectivity index (χ1v) is 9.84. The first kappa shape index (κ1) is 23.0. The molecule has 2 aromatic rings. The third-order valence-electron chi connectivity index (χ3n) is 4.08. The summed E-state index contributed by atoms with van der Waals surface area (Å²) in [4.78, 5) is 24.7. The third kappa shape index (κ3) is 6.57. The third-order valence-corrected chi connectivity index (χ3v) is 4.73. The Bertz CT molecular complexity index is 778. The fourth-order valence-electron chi connectivity index (χ4n) is 2.55. The molecule has 2 rings (SSSR count). The number of hydrogen-bond donors (Lipinski definition) is 3. The highest BCUT2D eigenvalue weighted by Gasteiger charge is 2.14. The van der Waals surface area contributed by atoms with Crippen LogP contribution in [-0.4, -0.2) is 29.9 Å². The van der Waals surface area contributed by atoms with Gasteiger partial charge in [0, 0.05) is 16.9 Å². The largest absolute Gasteiger partial charge is 0.325 e. The molecule has 0 aromatic heterocycles. The van der Waals surface area contributed by atoms with Gasteiger partial charge < -0.3 is 16.4 Å². The molecule has 0 bridgehead atoms. The Kier molecular flexibility index (Phi) is 9.35. The van der Waals surface area contributed by atoms with Crippen LogP contribution in [0.2, 0.25) is 0 Å². The molecule has 0 saturated heterocycles. The zero-order valence-corrected chi connectivity index (χ0v) is 17.4. The summed E-state index contributed by atoms with van der Waals surface area (Å²) in [6, 6.07) is 12.2. The maximum absolute atomic E-state index is 12.6. The lowest BCUT2D eigenvalue weighted by Crippen LogP contribution is -2.36. The summed E-state index contributed by atoms with van der Waals surface area (Å²) in [6.07, 6.45) is 2.59. The van der Waals surface area contributed by atoms with E-state index in [4.69, 9.17) is 5.73 Å². The second-order valence-corrected chi connectivity index (χ2v) is 7.16. The molecule has 0 saturated carbocycles. The number of hydrogen-bond acceptors (Lipinski definition) is 4. The van der Waals surface area contributed by atoms with Crippen LogP contribution in [-0.2, 0) is 4.79 Å². The lowest BCUT2D eigenvalue weighted by molar-refractivity contribution is -0.117. The Morgan fingerprint density at radius 2 is 1.70 bits per heavy atom. The van der Waals surface area contributed by atoms with Gasteiger partial charge in [-0.3, -0.25) is 9.59 Å². The number of carbonyl (C=O) groups is 2. The van der Waals surface area contributed by atoms with E-state index < -0.39 is 6.04 Å². The van der Waals surface area contributed by atoms with Crippen molar-refractivity contribution < 1.29 is 9.59 Å². The van der Waals surface area contributed by atoms with Crippen LogP contribution in [0.1, 0.15) is 27.9 Å². The quantitative estimate of drug-likeness (QED) is 0.647. The first-order valence-electron chi connectivity index (χ1n) is 8.45. The number of rotatable bonds is 7. The second kappa shape index (κ2) is 11.0. The van der Waals surface area contributed by atoms with Gasteiger partial charge in [-0.25, -0.2) is 0 Å². The summed E-state index contributed by atoms with van der Waals surface area (Å²) in [5.41, 5.74) is 9.73. The van der Waals surface area contributed by atoms with Gasteiger partial charge in [-0.1, -0.05) is 24.3 Å². The highest BCUT2D eigenvalue weighted by atomic mass is 35.5. The molecule has 27 heavy (non-hydrogen) atoms. The fraction of sp³-hybridized carbons (Fsp3) is 0.300. The molecule has 4 N–H and O–H groups in total. The van der Waals surface area contributed by atoms with E-state index in [2.05, 4.69) is 10.6 Å². The van der Waals surface area contributed by atoms with Crippen LogP contribution in [0.3, 0.4) is 0 Å². The van der Waals surface area contributed by atoms with Gasteiger partial charge >= 0.3 is 0 Å². The molecule has 146 valence electrons. The molecule has 2 amide bonds. The normalized spacial score (nSPS) is 11.3. The first-order chi connectivity index (χ1) is 12.4. The van der Waals surface area contributed by atoms with E-state index in [0.29, 0.717) is 17.7 Å². The molecule has 5 nitrogen and oxygen atoms in total. The van der Waals surface area contributed by atoms with Crippen molar-refractivity contribution in [1.82, 2.24) is 0 Å². The van der Waals surface area contributed by atoms with Crippen molar-refractivity contribution in [2.24, 2.45) is 5.73 Å². The Hall–Kier alpha value is -2.02. The number of benzene rings is 2. The summed E-state index contributed by atoms with van der Waals surface area (Å²) < 4.78 is 0. The highest BCUT2D eigenvalue weighted by Crippen LogP contribution is 2.21. The number of halogens is 1. The standard InChI is InChI=1S/C20H25N3O2S.ClH/c1-13-6-4-7-14(2)18(13)23-19(24)15-8-5-9-16(12-15)22-20(25)17(21)10-11-26-3;/h4-9,12,17H,10-11,21H2,1-3H3,(H,22,25)(H,23,24);1H/t17-;/m0./s1. The van der Waals surface area contributed by atoms with Gasteiger partial charge in [0.2, 0.25) is 5.91 Å². The van der Waals surface area contributed by atoms with Gasteiger partial charge in [0.15, 0.2) is 0 Å². The summed E-state index contributed by atoms with van der Waals surface area (Å²) in [5, 5.41) is 5.73. The molecule has 7 heteroatoms. The summed E-state index contributed by atoms with van der Waals surface area (Å²) in [7, 11) is 0. The van der Waals surface area contributed by atoms with Gasteiger partial charge in [-0.2, -0.15) is 11.8 Å². The number of para-hydroxylation sites is 1. The summed E-state index contributed by atoms with van der Waals surface area (Å²) in [5.74, 6) is 0.365. The predicted molar refractivity (Wildman–Crippen MR) is 117 cm³/mol. The van der Waals surface area contributed by atoms with Crippen LogP contribution in [0.5, 0.6) is 0 Å². The number of thioether (sulfide) groups is 1. The Morgan fingerprint density at radius 1 is 1.07 bits per heavy atom. The van der Waals surface area contributed by atoms with Crippen LogP contribution < -0.4 is 16.4 Å². The van der Waals surface area contributed by atoms with Crippen molar-refractivity contribution in [3.63, 3.8) is 0 Å². The van der Waals surface area contributed by atoms with Crippen molar-refractivity contribution in [3.05, 3.63) is 59.2 Å². The molecule has 0 fully saturated rings. The minimum absolute atomic E-state index is 0. The smallest absolute Gasteiger partial charge is 0.255 e. The number of amides is 2. The summed E-state index contributed by atoms with van der Waals surface area (Å²) in [6.45, 7) is 3.91. The number of carbonyl (C=O) groups excluding carboxylic acids is 2. The van der Waals surface area contributed by atoms with E-state index in [9.17, 15) is 9.59 Å². The number of nitrogens with two attached hydrogens (primary N) is 1. The number of anilines is 2. The molecule has 0 aliphatic heterocycles. The van der Waals surface area contributed by atoms with Crippen LogP contribution in [0.4, 0.5) is 11.4 Å². The lowest BCUT2D eigenvalue weighted by Gasteiger charge is -2.14. The van der Waals surface area contributed by atoms with E-state index in [1.807, 2.05) is 38.3 Å². The van der Waals surface area contributed by atoms with E-state index >= 15 is 0 Å². The zero-order chi connectivity index (χ0) is 19.1. The average molecular weight is 408 g/mol. The minimum Gasteiger partial charge on any atom is -0.325 e. The van der Waals surface area contributed by atoms with Crippen molar-refractivity contribution in [2.45, 2.75) is 26.3 Å².